The third-order valence-electron chi connectivity index (χ3n) is 3.49. The summed E-state index contributed by atoms with van der Waals surface area (Å²) in [5, 5.41) is 6.36. The number of hydrogen-bond acceptors (Lipinski definition) is 2. The highest BCUT2D eigenvalue weighted by Gasteiger charge is 2.39. The molecule has 3 nitrogen and oxygen atoms in total. The van der Waals surface area contributed by atoms with Gasteiger partial charge < -0.3 is 10.6 Å². The second kappa shape index (κ2) is 7.34. The summed E-state index contributed by atoms with van der Waals surface area (Å²) >= 11 is 0. The molecule has 1 atom stereocenters. The Morgan fingerprint density at radius 1 is 1.53 bits per heavy atom. The van der Waals surface area contributed by atoms with E-state index >= 15 is 0 Å². The minimum Gasteiger partial charge on any atom is -0.356 e. The van der Waals surface area contributed by atoms with E-state index in [1.54, 1.807) is 0 Å². The number of unbranched alkanes of at least 4 members (excludes halogenated alkanes) is 2. The van der Waals surface area contributed by atoms with Crippen LogP contribution in [0.25, 0.3) is 0 Å². The molecule has 1 amide bonds. The van der Waals surface area contributed by atoms with E-state index in [1.807, 2.05) is 0 Å². The lowest BCUT2D eigenvalue weighted by molar-refractivity contribution is -0.130. The Labute approximate surface area is 105 Å². The predicted octanol–water partition coefficient (Wildman–Crippen LogP) is 1.69. The molecule has 2 N–H and O–H groups in total. The van der Waals surface area contributed by atoms with Gasteiger partial charge in [-0.15, -0.1) is 12.3 Å². The fourth-order valence-electron chi connectivity index (χ4n) is 2.48. The maximum atomic E-state index is 12.2. The molecule has 0 spiro atoms. The zero-order valence-electron chi connectivity index (χ0n) is 10.8. The zero-order valence-corrected chi connectivity index (χ0v) is 10.8. The second-order valence-electron chi connectivity index (χ2n) is 4.87. The van der Waals surface area contributed by atoms with Crippen molar-refractivity contribution in [1.29, 1.82) is 0 Å². The number of hydrogen-bond donors (Lipinski definition) is 2. The standard InChI is InChI=1S/C14H24N2O/c1-3-5-6-7-10-16-13(17)14(8-4-2)9-11-15-12-14/h1,15H,4-12H2,2H3,(H,16,17). The number of nitrogens with one attached hydrogen (secondary N) is 2. The molecule has 1 aliphatic rings. The monoisotopic (exact) mass is 236 g/mol. The third kappa shape index (κ3) is 4.05. The molecule has 96 valence electrons. The molecule has 0 aromatic heterocycles. The molecular weight excluding hydrogens is 212 g/mol. The van der Waals surface area contributed by atoms with Crippen molar-refractivity contribution in [3.05, 3.63) is 0 Å². The molecule has 1 aliphatic heterocycles. The molecule has 0 bridgehead atoms. The van der Waals surface area contributed by atoms with Gasteiger partial charge in [0.2, 0.25) is 5.91 Å². The summed E-state index contributed by atoms with van der Waals surface area (Å²) in [4.78, 5) is 12.2. The smallest absolute Gasteiger partial charge is 0.227 e. The van der Waals surface area contributed by atoms with Crippen LogP contribution in [0.15, 0.2) is 0 Å². The van der Waals surface area contributed by atoms with Gasteiger partial charge in [0, 0.05) is 19.5 Å². The topological polar surface area (TPSA) is 41.1 Å². The summed E-state index contributed by atoms with van der Waals surface area (Å²) in [6, 6.07) is 0. The van der Waals surface area contributed by atoms with Crippen molar-refractivity contribution >= 4 is 5.91 Å². The fraction of sp³-hybridized carbons (Fsp3) is 0.786. The molecule has 0 radical (unpaired) electrons. The number of amides is 1. The van der Waals surface area contributed by atoms with Gasteiger partial charge in [0.05, 0.1) is 5.41 Å². The lowest BCUT2D eigenvalue weighted by atomic mass is 9.81. The van der Waals surface area contributed by atoms with Crippen molar-refractivity contribution in [3.8, 4) is 12.3 Å². The Kier molecular flexibility index (Phi) is 6.07. The van der Waals surface area contributed by atoms with Gasteiger partial charge in [0.1, 0.15) is 0 Å². The molecule has 3 heteroatoms. The average Bonchev–Trinajstić information content (AvgIpc) is 2.79. The average molecular weight is 236 g/mol. The number of rotatable bonds is 7. The number of terminal acetylenes is 1. The highest BCUT2D eigenvalue weighted by atomic mass is 16.2. The van der Waals surface area contributed by atoms with Crippen LogP contribution in [0, 0.1) is 17.8 Å². The van der Waals surface area contributed by atoms with Crippen LogP contribution in [0.5, 0.6) is 0 Å². The Balaban J connectivity index is 2.31. The predicted molar refractivity (Wildman–Crippen MR) is 70.5 cm³/mol. The summed E-state index contributed by atoms with van der Waals surface area (Å²) in [5.74, 6) is 2.84. The quantitative estimate of drug-likeness (QED) is 0.521. The van der Waals surface area contributed by atoms with Crippen molar-refractivity contribution in [2.75, 3.05) is 19.6 Å². The van der Waals surface area contributed by atoms with Crippen LogP contribution in [-0.2, 0) is 4.79 Å². The molecule has 1 rings (SSSR count). The molecule has 1 heterocycles. The van der Waals surface area contributed by atoms with Gasteiger partial charge in [-0.3, -0.25) is 4.79 Å². The molecule has 1 unspecified atom stereocenters. The lowest BCUT2D eigenvalue weighted by Crippen LogP contribution is -2.42. The first-order valence-corrected chi connectivity index (χ1v) is 6.67. The zero-order chi connectivity index (χ0) is 12.6. The Bertz CT molecular complexity index is 274. The van der Waals surface area contributed by atoms with Crippen molar-refractivity contribution in [2.45, 2.75) is 45.4 Å². The van der Waals surface area contributed by atoms with Crippen LogP contribution in [0.3, 0.4) is 0 Å². The summed E-state index contributed by atoms with van der Waals surface area (Å²) in [7, 11) is 0. The van der Waals surface area contributed by atoms with Gasteiger partial charge in [-0.1, -0.05) is 13.3 Å². The highest BCUT2D eigenvalue weighted by molar-refractivity contribution is 5.83. The summed E-state index contributed by atoms with van der Waals surface area (Å²) in [6.45, 7) is 4.69. The normalized spacial score (nSPS) is 23.3. The highest BCUT2D eigenvalue weighted by Crippen LogP contribution is 2.31. The summed E-state index contributed by atoms with van der Waals surface area (Å²) in [5.41, 5.74) is -0.152. The fourth-order valence-corrected chi connectivity index (χ4v) is 2.48. The maximum absolute atomic E-state index is 12.2. The van der Waals surface area contributed by atoms with Gasteiger partial charge in [0.25, 0.3) is 0 Å². The van der Waals surface area contributed by atoms with E-state index in [0.717, 1.165) is 58.2 Å². The molecule has 0 aliphatic carbocycles. The van der Waals surface area contributed by atoms with Gasteiger partial charge >= 0.3 is 0 Å². The van der Waals surface area contributed by atoms with Gasteiger partial charge in [-0.05, 0) is 32.2 Å². The van der Waals surface area contributed by atoms with Crippen LogP contribution >= 0.6 is 0 Å². The molecule has 17 heavy (non-hydrogen) atoms. The van der Waals surface area contributed by atoms with Crippen molar-refractivity contribution in [2.24, 2.45) is 5.41 Å². The first kappa shape index (κ1) is 14.1. The molecule has 0 aromatic carbocycles. The third-order valence-corrected chi connectivity index (χ3v) is 3.49. The first-order chi connectivity index (χ1) is 8.25. The van der Waals surface area contributed by atoms with Crippen LogP contribution in [0.2, 0.25) is 0 Å². The molecule has 1 saturated heterocycles. The largest absolute Gasteiger partial charge is 0.356 e. The number of carbonyl (C=O) groups excluding carboxylic acids is 1. The molecule has 0 saturated carbocycles. The number of carbonyl (C=O) groups is 1. The van der Waals surface area contributed by atoms with Crippen LogP contribution < -0.4 is 10.6 Å². The van der Waals surface area contributed by atoms with E-state index < -0.39 is 0 Å². The van der Waals surface area contributed by atoms with E-state index in [1.165, 1.54) is 0 Å². The first-order valence-electron chi connectivity index (χ1n) is 6.67. The maximum Gasteiger partial charge on any atom is 0.227 e. The SMILES string of the molecule is C#CCCCCNC(=O)C1(CCC)CCNC1. The van der Waals surface area contributed by atoms with E-state index in [4.69, 9.17) is 6.42 Å². The van der Waals surface area contributed by atoms with Crippen LogP contribution in [0.1, 0.15) is 45.4 Å². The van der Waals surface area contributed by atoms with Gasteiger partial charge in [-0.25, -0.2) is 0 Å². The van der Waals surface area contributed by atoms with Gasteiger partial charge in [0.15, 0.2) is 0 Å². The van der Waals surface area contributed by atoms with E-state index in [9.17, 15) is 4.79 Å². The van der Waals surface area contributed by atoms with Crippen LogP contribution in [0.4, 0.5) is 0 Å². The minimum atomic E-state index is -0.152. The minimum absolute atomic E-state index is 0.152. The molecule has 0 aromatic rings. The molecule has 1 fully saturated rings. The Morgan fingerprint density at radius 2 is 2.35 bits per heavy atom. The van der Waals surface area contributed by atoms with Crippen molar-refractivity contribution in [1.82, 2.24) is 10.6 Å². The Hall–Kier alpha value is -1.01. The van der Waals surface area contributed by atoms with Crippen LogP contribution in [-0.4, -0.2) is 25.5 Å². The van der Waals surface area contributed by atoms with Crippen molar-refractivity contribution in [3.63, 3.8) is 0 Å². The summed E-state index contributed by atoms with van der Waals surface area (Å²) in [6.07, 6.45) is 11.0. The van der Waals surface area contributed by atoms with Crippen molar-refractivity contribution < 1.29 is 4.79 Å². The molecular formula is C14H24N2O. The van der Waals surface area contributed by atoms with E-state index in [-0.39, 0.29) is 11.3 Å². The van der Waals surface area contributed by atoms with Gasteiger partial charge in [-0.2, -0.15) is 0 Å². The lowest BCUT2D eigenvalue weighted by Gasteiger charge is -2.26. The van der Waals surface area contributed by atoms with E-state index in [2.05, 4.69) is 23.5 Å². The van der Waals surface area contributed by atoms with E-state index in [0.29, 0.717) is 0 Å². The Morgan fingerprint density at radius 3 is 2.94 bits per heavy atom. The summed E-state index contributed by atoms with van der Waals surface area (Å²) < 4.78 is 0. The second-order valence-corrected chi connectivity index (χ2v) is 4.87.